The fourth-order valence-corrected chi connectivity index (χ4v) is 10.1. The van der Waals surface area contributed by atoms with Gasteiger partial charge in [0.25, 0.3) is 6.33 Å². The van der Waals surface area contributed by atoms with Gasteiger partial charge in [0.05, 0.1) is 24.5 Å². The quantitative estimate of drug-likeness (QED) is 0.101. The van der Waals surface area contributed by atoms with E-state index in [-0.39, 0.29) is 56.2 Å². The number of oxazole rings is 1. The third-order valence-corrected chi connectivity index (χ3v) is 13.9. The summed E-state index contributed by atoms with van der Waals surface area (Å²) in [6.07, 6.45) is 7.43. The first-order valence-electron chi connectivity index (χ1n) is 27.4. The minimum absolute atomic E-state index is 0. The molecule has 7 heteroatoms. The first-order valence-corrected chi connectivity index (χ1v) is 24.9. The molecule has 4 heterocycles. The fraction of sp³-hybridized carbons (Fsp3) is 0.0725. The summed E-state index contributed by atoms with van der Waals surface area (Å²) in [5, 5.41) is 2.03. The number of pyridine rings is 1. The molecule has 0 radical (unpaired) electrons. The molecule has 6 nitrogen and oxygen atoms in total. The number of para-hydroxylation sites is 2. The molecule has 9 aromatic carbocycles. The van der Waals surface area contributed by atoms with Gasteiger partial charge in [-0.25, -0.2) is 4.98 Å². The second kappa shape index (κ2) is 19.8. The Bertz CT molecular complexity index is 4460. The number of nitrogens with zero attached hydrogens (tertiary/aromatic N) is 4. The van der Waals surface area contributed by atoms with Crippen LogP contribution in [0.5, 0.6) is 11.5 Å². The average molecular weight is 1170 g/mol. The third kappa shape index (κ3) is 8.75. The summed E-state index contributed by atoms with van der Waals surface area (Å²) in [5.41, 5.74) is 15.1. The predicted octanol–water partition coefficient (Wildman–Crippen LogP) is 17.1. The van der Waals surface area contributed by atoms with Crippen LogP contribution in [0.4, 0.5) is 0 Å². The topological polar surface area (TPSA) is 48.5 Å². The van der Waals surface area contributed by atoms with Gasteiger partial charge in [0.1, 0.15) is 11.5 Å². The van der Waals surface area contributed by atoms with Crippen LogP contribution < -0.4 is 9.30 Å². The average Bonchev–Trinajstić information content (AvgIpc) is 4.40. The van der Waals surface area contributed by atoms with E-state index in [0.717, 1.165) is 94.5 Å². The fourth-order valence-electron chi connectivity index (χ4n) is 10.1. The Morgan fingerprint density at radius 1 is 0.592 bits per heavy atom. The van der Waals surface area contributed by atoms with Crippen LogP contribution in [0.1, 0.15) is 38.8 Å². The van der Waals surface area contributed by atoms with E-state index in [1.807, 2.05) is 84.3 Å². The number of ether oxygens (including phenoxy) is 1. The molecule has 0 fully saturated rings. The number of aromatic nitrogens is 4. The van der Waals surface area contributed by atoms with Crippen LogP contribution in [-0.4, -0.2) is 14.0 Å². The van der Waals surface area contributed by atoms with Gasteiger partial charge in [-0.05, 0) is 79.9 Å². The molecule has 4 aromatic heterocycles. The molecule has 13 aromatic rings. The van der Waals surface area contributed by atoms with Crippen molar-refractivity contribution in [3.63, 3.8) is 0 Å². The molecule has 0 amide bonds. The summed E-state index contributed by atoms with van der Waals surface area (Å²) in [6, 6.07) is 69.3. The summed E-state index contributed by atoms with van der Waals surface area (Å²) in [5.74, 6) is 1.72. The molecule has 0 aliphatic heterocycles. The molecule has 0 spiro atoms. The van der Waals surface area contributed by atoms with Crippen LogP contribution in [0, 0.1) is 25.4 Å². The van der Waals surface area contributed by atoms with E-state index in [1.165, 1.54) is 0 Å². The van der Waals surface area contributed by atoms with Gasteiger partial charge in [-0.1, -0.05) is 226 Å². The Morgan fingerprint density at radius 3 is 1.89 bits per heavy atom. The largest absolute Gasteiger partial charge is 0.503 e. The zero-order valence-electron chi connectivity index (χ0n) is 47.0. The number of imidazole rings is 1. The number of hydrogen-bond donors (Lipinski definition) is 0. The molecule has 0 bridgehead atoms. The first kappa shape index (κ1) is 42.5. The van der Waals surface area contributed by atoms with Crippen LogP contribution in [-0.2, 0) is 26.5 Å². The van der Waals surface area contributed by atoms with E-state index in [1.54, 1.807) is 18.4 Å². The Labute approximate surface area is 464 Å². The van der Waals surface area contributed by atoms with Gasteiger partial charge in [-0.2, -0.15) is 6.07 Å². The minimum atomic E-state index is -0.416. The second-order valence-corrected chi connectivity index (χ2v) is 19.7. The molecular formula is C69H50N4O2Pt-2. The van der Waals surface area contributed by atoms with E-state index in [2.05, 4.69) is 158 Å². The maximum Gasteiger partial charge on any atom is 0.272 e. The van der Waals surface area contributed by atoms with Crippen LogP contribution in [0.25, 0.3) is 106 Å². The first-order chi connectivity index (χ1) is 38.8. The molecule has 0 saturated carbocycles. The van der Waals surface area contributed by atoms with Crippen molar-refractivity contribution in [1.82, 2.24) is 14.0 Å². The maximum atomic E-state index is 8.49. The van der Waals surface area contributed by atoms with Crippen molar-refractivity contribution < 1.29 is 41.6 Å². The summed E-state index contributed by atoms with van der Waals surface area (Å²) >= 11 is 0. The number of benzene rings is 9. The smallest absolute Gasteiger partial charge is 0.272 e. The van der Waals surface area contributed by atoms with Gasteiger partial charge in [-0.3, -0.25) is 8.97 Å². The molecular weight excluding hydrogens is 1110 g/mol. The summed E-state index contributed by atoms with van der Waals surface area (Å²) in [6.45, 7) is 8.60. The number of hydrogen-bond acceptors (Lipinski definition) is 3. The molecule has 0 aliphatic rings. The van der Waals surface area contributed by atoms with E-state index < -0.39 is 6.04 Å². The normalized spacial score (nSPS) is 12.5. The third-order valence-electron chi connectivity index (χ3n) is 13.9. The van der Waals surface area contributed by atoms with Crippen molar-refractivity contribution in [3.05, 3.63) is 260 Å². The van der Waals surface area contributed by atoms with E-state index >= 15 is 0 Å². The molecule has 13 rings (SSSR count). The van der Waals surface area contributed by atoms with Crippen molar-refractivity contribution in [2.45, 2.75) is 33.1 Å². The number of fused-ring (bicyclic) bond motifs is 4. The monoisotopic (exact) mass is 1170 g/mol. The Balaban J connectivity index is 0.00000651. The van der Waals surface area contributed by atoms with Crippen molar-refractivity contribution in [1.29, 1.82) is 0 Å². The van der Waals surface area contributed by atoms with Crippen molar-refractivity contribution >= 4 is 27.5 Å². The van der Waals surface area contributed by atoms with Crippen LogP contribution in [0.15, 0.2) is 235 Å². The molecule has 0 unspecified atom stereocenters. The van der Waals surface area contributed by atoms with E-state index in [0.29, 0.717) is 28.6 Å². The molecule has 0 N–H and O–H groups in total. The van der Waals surface area contributed by atoms with Gasteiger partial charge < -0.3 is 13.7 Å². The van der Waals surface area contributed by atoms with Crippen molar-refractivity contribution in [2.75, 3.05) is 0 Å². The predicted molar refractivity (Wildman–Crippen MR) is 302 cm³/mol. The van der Waals surface area contributed by atoms with Gasteiger partial charge >= 0.3 is 0 Å². The van der Waals surface area contributed by atoms with Gasteiger partial charge in [-0.15, -0.1) is 29.1 Å². The SMILES string of the molecule is [2H]c1c([2H])c([2H])c(-c2ccc(-c3cnc(-n4c5[c-]c(Oc6[c-]c(-c7coc8c(-c9ccccc9)[n+](-c9c(-c%10ccccc%10)cccc9-c9ccccc9)[c-]n78)cc(C(C)(C)C)c6)ccc5c5ccccc54)cc3C)cc2)c([2H])c1[2H].[Pt]. The maximum absolute atomic E-state index is 8.49. The standard InChI is InChI=1S/C69H50N4O2.Pt/c1-46-38-65(70-43-61(46)51-34-32-48(33-35-51)47-20-9-5-10-21-47)73-62-31-18-17-28-59(62)60-37-36-55(42-63(60)73)75-56-40-53(39-54(41-56)69(2,3)4)64-44-74-68-66(52-26-15-8-16-27-52)72(45-71(64)68)67-57(49-22-11-6-12-23-49)29-19-30-58(67)50-24-13-7-14-25-50;/h5-39,41,43-44H,1-4H3;/q-2;/i5D,9D,10D,20D,21D;. The molecule has 370 valence electrons. The van der Waals surface area contributed by atoms with Crippen LogP contribution in [0.3, 0.4) is 0 Å². The van der Waals surface area contributed by atoms with Crippen LogP contribution in [0.2, 0.25) is 0 Å². The summed E-state index contributed by atoms with van der Waals surface area (Å²) in [7, 11) is 0. The molecule has 76 heavy (non-hydrogen) atoms. The molecule has 0 saturated heterocycles. The summed E-state index contributed by atoms with van der Waals surface area (Å²) in [4.78, 5) is 5.05. The van der Waals surface area contributed by atoms with Crippen molar-refractivity contribution in [2.24, 2.45) is 0 Å². The number of rotatable bonds is 10. The van der Waals surface area contributed by atoms with E-state index in [4.69, 9.17) is 21.0 Å². The zero-order chi connectivity index (χ0) is 55.0. The zero-order valence-corrected chi connectivity index (χ0v) is 44.2. The Kier molecular flexibility index (Phi) is 11.1. The van der Waals surface area contributed by atoms with Gasteiger partial charge in [0.2, 0.25) is 5.71 Å². The molecule has 0 aliphatic carbocycles. The van der Waals surface area contributed by atoms with Crippen molar-refractivity contribution in [3.8, 4) is 90.0 Å². The summed E-state index contributed by atoms with van der Waals surface area (Å²) < 4.78 is 61.2. The Morgan fingerprint density at radius 2 is 1.22 bits per heavy atom. The van der Waals surface area contributed by atoms with Gasteiger partial charge in [0, 0.05) is 49.8 Å². The Hall–Kier alpha value is -8.83. The second-order valence-electron chi connectivity index (χ2n) is 19.7. The minimum Gasteiger partial charge on any atom is -0.503 e. The van der Waals surface area contributed by atoms with Gasteiger partial charge in [0.15, 0.2) is 0 Å². The number of aryl methyl sites for hydroxylation is 1. The van der Waals surface area contributed by atoms with E-state index in [9.17, 15) is 0 Å². The molecule has 0 atom stereocenters. The van der Waals surface area contributed by atoms with Crippen LogP contribution >= 0.6 is 0 Å².